The van der Waals surface area contributed by atoms with Crippen LogP contribution in [0.15, 0.2) is 18.7 Å². The molecule has 6 heteroatoms. The molecule has 1 saturated heterocycles. The molecule has 14 heavy (non-hydrogen) atoms. The summed E-state index contributed by atoms with van der Waals surface area (Å²) in [5.74, 6) is -0.540. The van der Waals surface area contributed by atoms with Crippen LogP contribution < -0.4 is 5.73 Å². The van der Waals surface area contributed by atoms with Crippen molar-refractivity contribution in [1.29, 1.82) is 0 Å². The normalized spacial score (nSPS) is 16.4. The van der Waals surface area contributed by atoms with Gasteiger partial charge in [-0.15, -0.1) is 0 Å². The molecule has 1 aromatic heterocycles. The summed E-state index contributed by atoms with van der Waals surface area (Å²) in [5, 5.41) is 0. The second-order valence-electron chi connectivity index (χ2n) is 3.26. The highest BCUT2D eigenvalue weighted by Gasteiger charge is 2.34. The van der Waals surface area contributed by atoms with Crippen LogP contribution in [0, 0.1) is 5.92 Å². The van der Waals surface area contributed by atoms with Crippen molar-refractivity contribution in [2.75, 3.05) is 13.1 Å². The monoisotopic (exact) mass is 194 g/mol. The third-order valence-electron chi connectivity index (χ3n) is 2.28. The average molecular weight is 194 g/mol. The molecule has 2 amide bonds. The number of nitrogens with two attached hydrogens (primary N) is 1. The summed E-state index contributed by atoms with van der Waals surface area (Å²) in [6.07, 6.45) is 4.53. The topological polar surface area (TPSA) is 81.2 Å². The van der Waals surface area contributed by atoms with Gasteiger partial charge in [-0.25, -0.2) is 9.78 Å². The van der Waals surface area contributed by atoms with E-state index in [4.69, 9.17) is 5.73 Å². The third-order valence-corrected chi connectivity index (χ3v) is 2.28. The molecule has 2 rings (SSSR count). The first-order valence-electron chi connectivity index (χ1n) is 4.25. The lowest BCUT2D eigenvalue weighted by Gasteiger charge is -2.36. The molecule has 1 fully saturated rings. The van der Waals surface area contributed by atoms with Gasteiger partial charge in [0, 0.05) is 25.5 Å². The van der Waals surface area contributed by atoms with Crippen molar-refractivity contribution in [1.82, 2.24) is 14.5 Å². The molecule has 0 bridgehead atoms. The maximum Gasteiger partial charge on any atom is 0.329 e. The number of nitrogens with zero attached hydrogens (tertiary/aromatic N) is 3. The summed E-state index contributed by atoms with van der Waals surface area (Å²) in [6.45, 7) is 0.818. The number of carbonyl (C=O) groups excluding carboxylic acids is 2. The van der Waals surface area contributed by atoms with Crippen LogP contribution in [0.4, 0.5) is 4.79 Å². The first kappa shape index (κ1) is 8.74. The molecule has 0 spiro atoms. The van der Waals surface area contributed by atoms with Gasteiger partial charge in [-0.2, -0.15) is 0 Å². The van der Waals surface area contributed by atoms with Crippen molar-refractivity contribution in [3.63, 3.8) is 0 Å². The fourth-order valence-electron chi connectivity index (χ4n) is 1.35. The molecule has 0 saturated carbocycles. The van der Waals surface area contributed by atoms with Gasteiger partial charge in [0.2, 0.25) is 5.91 Å². The Morgan fingerprint density at radius 1 is 1.43 bits per heavy atom. The standard InChI is InChI=1S/C8H10N4O2/c9-7(13)6-3-12(4-6)8(14)11-2-1-10-5-11/h1-2,5-6H,3-4H2,(H2,9,13). The number of aromatic nitrogens is 2. The predicted octanol–water partition coefficient (Wildman–Crippen LogP) is -0.732. The van der Waals surface area contributed by atoms with Crippen LogP contribution in [0.25, 0.3) is 0 Å². The second-order valence-corrected chi connectivity index (χ2v) is 3.26. The number of imidazole rings is 1. The van der Waals surface area contributed by atoms with Gasteiger partial charge in [0.1, 0.15) is 6.33 Å². The largest absolute Gasteiger partial charge is 0.369 e. The fourth-order valence-corrected chi connectivity index (χ4v) is 1.35. The zero-order valence-electron chi connectivity index (χ0n) is 7.46. The lowest BCUT2D eigenvalue weighted by molar-refractivity contribution is -0.125. The minimum Gasteiger partial charge on any atom is -0.369 e. The molecule has 0 aliphatic carbocycles. The molecule has 0 unspecified atom stereocenters. The maximum absolute atomic E-state index is 11.6. The summed E-state index contributed by atoms with van der Waals surface area (Å²) in [4.78, 5) is 27.6. The first-order valence-corrected chi connectivity index (χ1v) is 4.25. The Kier molecular flexibility index (Phi) is 1.95. The molecule has 6 nitrogen and oxygen atoms in total. The van der Waals surface area contributed by atoms with Crippen LogP contribution in [-0.2, 0) is 4.79 Å². The molecule has 0 atom stereocenters. The molecule has 74 valence electrons. The molecule has 0 aromatic carbocycles. The van der Waals surface area contributed by atoms with E-state index in [1.54, 1.807) is 11.1 Å². The smallest absolute Gasteiger partial charge is 0.329 e. The van der Waals surface area contributed by atoms with Crippen molar-refractivity contribution in [2.45, 2.75) is 0 Å². The Hall–Kier alpha value is -1.85. The van der Waals surface area contributed by atoms with Crippen molar-refractivity contribution >= 4 is 11.9 Å². The number of likely N-dealkylation sites (tertiary alicyclic amines) is 1. The van der Waals surface area contributed by atoms with Crippen molar-refractivity contribution < 1.29 is 9.59 Å². The summed E-state index contributed by atoms with van der Waals surface area (Å²) in [5.41, 5.74) is 5.08. The Labute approximate surface area is 80.3 Å². The lowest BCUT2D eigenvalue weighted by Crippen LogP contribution is -2.55. The quantitative estimate of drug-likeness (QED) is 0.639. The zero-order valence-corrected chi connectivity index (χ0v) is 7.46. The van der Waals surface area contributed by atoms with Gasteiger partial charge in [-0.05, 0) is 0 Å². The van der Waals surface area contributed by atoms with Crippen molar-refractivity contribution in [3.05, 3.63) is 18.7 Å². The molecule has 0 radical (unpaired) electrons. The fraction of sp³-hybridized carbons (Fsp3) is 0.375. The molecule has 2 N–H and O–H groups in total. The van der Waals surface area contributed by atoms with E-state index < -0.39 is 0 Å². The van der Waals surface area contributed by atoms with E-state index in [1.807, 2.05) is 0 Å². The van der Waals surface area contributed by atoms with Crippen LogP contribution in [0.3, 0.4) is 0 Å². The molecular formula is C8H10N4O2. The molecular weight excluding hydrogens is 184 g/mol. The molecule has 1 aromatic rings. The van der Waals surface area contributed by atoms with E-state index in [9.17, 15) is 9.59 Å². The van der Waals surface area contributed by atoms with Crippen LogP contribution >= 0.6 is 0 Å². The van der Waals surface area contributed by atoms with Gasteiger partial charge in [0.15, 0.2) is 0 Å². The third kappa shape index (κ3) is 1.34. The van der Waals surface area contributed by atoms with Crippen LogP contribution in [-0.4, -0.2) is 39.5 Å². The SMILES string of the molecule is NC(=O)C1CN(C(=O)n2ccnc2)C1. The number of carbonyl (C=O) groups is 2. The van der Waals surface area contributed by atoms with E-state index in [0.29, 0.717) is 13.1 Å². The number of hydrogen-bond donors (Lipinski definition) is 1. The van der Waals surface area contributed by atoms with Gasteiger partial charge >= 0.3 is 6.03 Å². The summed E-state index contributed by atoms with van der Waals surface area (Å²) < 4.78 is 1.37. The van der Waals surface area contributed by atoms with E-state index in [0.717, 1.165) is 0 Å². The van der Waals surface area contributed by atoms with E-state index in [1.165, 1.54) is 17.1 Å². The minimum absolute atomic E-state index is 0.167. The van der Waals surface area contributed by atoms with E-state index in [2.05, 4.69) is 4.98 Å². The summed E-state index contributed by atoms with van der Waals surface area (Å²) >= 11 is 0. The highest BCUT2D eigenvalue weighted by atomic mass is 16.2. The average Bonchev–Trinajstić information content (AvgIpc) is 2.51. The highest BCUT2D eigenvalue weighted by molar-refractivity contribution is 5.83. The highest BCUT2D eigenvalue weighted by Crippen LogP contribution is 2.15. The van der Waals surface area contributed by atoms with E-state index >= 15 is 0 Å². The maximum atomic E-state index is 11.6. The molecule has 1 aliphatic heterocycles. The molecule has 2 heterocycles. The number of amides is 2. The van der Waals surface area contributed by atoms with E-state index in [-0.39, 0.29) is 17.9 Å². The number of hydrogen-bond acceptors (Lipinski definition) is 3. The second kappa shape index (κ2) is 3.13. The minimum atomic E-state index is -0.348. The Morgan fingerprint density at radius 2 is 2.14 bits per heavy atom. The zero-order chi connectivity index (χ0) is 10.1. The summed E-state index contributed by atoms with van der Waals surface area (Å²) in [7, 11) is 0. The van der Waals surface area contributed by atoms with Gasteiger partial charge in [0.25, 0.3) is 0 Å². The van der Waals surface area contributed by atoms with Gasteiger partial charge < -0.3 is 10.6 Å². The van der Waals surface area contributed by atoms with Crippen molar-refractivity contribution in [2.24, 2.45) is 11.7 Å². The van der Waals surface area contributed by atoms with Crippen LogP contribution in [0.5, 0.6) is 0 Å². The summed E-state index contributed by atoms with van der Waals surface area (Å²) in [6, 6.07) is -0.167. The Bertz CT molecular complexity index is 353. The Morgan fingerprint density at radius 3 is 2.64 bits per heavy atom. The van der Waals surface area contributed by atoms with Crippen molar-refractivity contribution in [3.8, 4) is 0 Å². The van der Waals surface area contributed by atoms with Gasteiger partial charge in [-0.1, -0.05) is 0 Å². The first-order chi connectivity index (χ1) is 6.68. The number of primary amides is 1. The molecule has 1 aliphatic rings. The lowest BCUT2D eigenvalue weighted by atomic mass is 10.0. The number of rotatable bonds is 1. The van der Waals surface area contributed by atoms with Crippen LogP contribution in [0.2, 0.25) is 0 Å². The predicted molar refractivity (Wildman–Crippen MR) is 47.3 cm³/mol. The van der Waals surface area contributed by atoms with Crippen LogP contribution in [0.1, 0.15) is 0 Å². The Balaban J connectivity index is 1.95. The van der Waals surface area contributed by atoms with Gasteiger partial charge in [-0.3, -0.25) is 9.36 Å². The van der Waals surface area contributed by atoms with Gasteiger partial charge in [0.05, 0.1) is 5.92 Å².